The topological polar surface area (TPSA) is 61.0 Å². The van der Waals surface area contributed by atoms with Gasteiger partial charge in [-0.1, -0.05) is 0 Å². The van der Waals surface area contributed by atoms with Gasteiger partial charge in [0.1, 0.15) is 11.6 Å². The molecular weight excluding hydrogens is 315 g/mol. The normalized spacial score (nSPS) is 18.0. The Balaban J connectivity index is 1.64. The molecule has 122 valence electrons. The number of benzene rings is 1. The van der Waals surface area contributed by atoms with Gasteiger partial charge in [0.15, 0.2) is 0 Å². The quantitative estimate of drug-likeness (QED) is 0.842. The summed E-state index contributed by atoms with van der Waals surface area (Å²) in [4.78, 5) is 22.1. The van der Waals surface area contributed by atoms with Crippen LogP contribution in [0.3, 0.4) is 0 Å². The molecule has 1 atom stereocenters. The number of likely N-dealkylation sites (tertiary alicyclic amines) is 1. The van der Waals surface area contributed by atoms with Crippen LogP contribution in [0.15, 0.2) is 35.5 Å². The second kappa shape index (κ2) is 7.04. The van der Waals surface area contributed by atoms with Gasteiger partial charge in [-0.15, -0.1) is 11.8 Å². The maximum Gasteiger partial charge on any atom is 0.321 e. The summed E-state index contributed by atoms with van der Waals surface area (Å²) in [7, 11) is 0. The monoisotopic (exact) mass is 334 g/mol. The van der Waals surface area contributed by atoms with Crippen LogP contribution in [-0.2, 0) is 0 Å². The van der Waals surface area contributed by atoms with E-state index in [-0.39, 0.29) is 17.8 Å². The average Bonchev–Trinajstić information content (AvgIpc) is 3.10. The van der Waals surface area contributed by atoms with Crippen LogP contribution in [0.4, 0.5) is 14.9 Å². The van der Waals surface area contributed by atoms with Gasteiger partial charge in [-0.2, -0.15) is 0 Å². The number of carbonyl (C=O) groups is 1. The van der Waals surface area contributed by atoms with Gasteiger partial charge in [0.05, 0.1) is 0 Å². The zero-order chi connectivity index (χ0) is 16.2. The van der Waals surface area contributed by atoms with Crippen molar-refractivity contribution in [2.45, 2.75) is 23.7 Å². The molecule has 0 unspecified atom stereocenters. The third kappa shape index (κ3) is 3.67. The SMILES string of the molecule is CSc1ccc(NC(=O)N2CCC[C@H](c3ncc[nH]3)C2)cc1F. The van der Waals surface area contributed by atoms with Crippen LogP contribution in [0.2, 0.25) is 0 Å². The number of hydrogen-bond acceptors (Lipinski definition) is 3. The Hall–Kier alpha value is -2.02. The summed E-state index contributed by atoms with van der Waals surface area (Å²) in [5, 5.41) is 2.78. The van der Waals surface area contributed by atoms with Crippen LogP contribution < -0.4 is 5.32 Å². The Bertz CT molecular complexity index is 677. The minimum Gasteiger partial charge on any atom is -0.348 e. The van der Waals surface area contributed by atoms with Gasteiger partial charge in [0.25, 0.3) is 0 Å². The summed E-state index contributed by atoms with van der Waals surface area (Å²) in [6.45, 7) is 1.32. The van der Waals surface area contributed by atoms with E-state index in [9.17, 15) is 9.18 Å². The van der Waals surface area contributed by atoms with Crippen LogP contribution in [0.1, 0.15) is 24.6 Å². The number of nitrogens with one attached hydrogen (secondary N) is 2. The maximum absolute atomic E-state index is 13.8. The van der Waals surface area contributed by atoms with E-state index in [4.69, 9.17) is 0 Å². The molecule has 0 saturated carbocycles. The molecule has 1 fully saturated rings. The molecule has 1 saturated heterocycles. The molecule has 0 spiro atoms. The number of hydrogen-bond donors (Lipinski definition) is 2. The number of thioether (sulfide) groups is 1. The summed E-state index contributed by atoms with van der Waals surface area (Å²) in [6.07, 6.45) is 7.28. The molecule has 2 heterocycles. The minimum absolute atomic E-state index is 0.197. The highest BCUT2D eigenvalue weighted by molar-refractivity contribution is 7.98. The van der Waals surface area contributed by atoms with E-state index in [0.717, 1.165) is 18.7 Å². The minimum atomic E-state index is -0.317. The van der Waals surface area contributed by atoms with Crippen LogP contribution in [0, 0.1) is 5.82 Å². The van der Waals surface area contributed by atoms with E-state index in [1.165, 1.54) is 17.8 Å². The van der Waals surface area contributed by atoms with Crippen LogP contribution in [0.5, 0.6) is 0 Å². The summed E-state index contributed by atoms with van der Waals surface area (Å²) in [5.41, 5.74) is 0.477. The number of rotatable bonds is 3. The third-order valence-corrected chi connectivity index (χ3v) is 4.79. The molecule has 3 rings (SSSR count). The molecule has 2 N–H and O–H groups in total. The van der Waals surface area contributed by atoms with Crippen LogP contribution >= 0.6 is 11.8 Å². The van der Waals surface area contributed by atoms with E-state index in [1.54, 1.807) is 29.4 Å². The number of anilines is 1. The predicted octanol–water partition coefficient (Wildman–Crippen LogP) is 3.68. The van der Waals surface area contributed by atoms with E-state index >= 15 is 0 Å². The molecule has 23 heavy (non-hydrogen) atoms. The van der Waals surface area contributed by atoms with Gasteiger partial charge < -0.3 is 15.2 Å². The van der Waals surface area contributed by atoms with E-state index in [1.807, 2.05) is 6.26 Å². The van der Waals surface area contributed by atoms with Crippen molar-refractivity contribution in [1.82, 2.24) is 14.9 Å². The standard InChI is InChI=1S/C16H19FN4OS/c1-23-14-5-4-12(9-13(14)17)20-16(22)21-8-2-3-11(10-21)15-18-6-7-19-15/h4-7,9,11H,2-3,8,10H2,1H3,(H,18,19)(H,20,22)/t11-/m0/s1. The van der Waals surface area contributed by atoms with E-state index < -0.39 is 0 Å². The smallest absolute Gasteiger partial charge is 0.321 e. The van der Waals surface area contributed by atoms with E-state index in [2.05, 4.69) is 15.3 Å². The summed E-state index contributed by atoms with van der Waals surface area (Å²) >= 11 is 1.34. The Morgan fingerprint density at radius 2 is 2.39 bits per heavy atom. The van der Waals surface area contributed by atoms with Crippen molar-refractivity contribution < 1.29 is 9.18 Å². The summed E-state index contributed by atoms with van der Waals surface area (Å²) in [6, 6.07) is 4.56. The lowest BCUT2D eigenvalue weighted by Crippen LogP contribution is -2.41. The van der Waals surface area contributed by atoms with Gasteiger partial charge in [0.2, 0.25) is 0 Å². The van der Waals surface area contributed by atoms with Crippen molar-refractivity contribution in [3.8, 4) is 0 Å². The fourth-order valence-electron chi connectivity index (χ4n) is 2.83. The molecule has 1 aliphatic rings. The van der Waals surface area contributed by atoms with Gasteiger partial charge >= 0.3 is 6.03 Å². The average molecular weight is 334 g/mol. The van der Waals surface area contributed by atoms with Crippen molar-refractivity contribution >= 4 is 23.5 Å². The zero-order valence-electron chi connectivity index (χ0n) is 12.9. The molecule has 2 amide bonds. The Morgan fingerprint density at radius 1 is 1.52 bits per heavy atom. The molecule has 2 aromatic rings. The first-order chi connectivity index (χ1) is 11.2. The number of aromatic amines is 1. The van der Waals surface area contributed by atoms with Crippen molar-refractivity contribution in [1.29, 1.82) is 0 Å². The fraction of sp³-hybridized carbons (Fsp3) is 0.375. The highest BCUT2D eigenvalue weighted by Crippen LogP contribution is 2.26. The molecule has 0 radical (unpaired) electrons. The van der Waals surface area contributed by atoms with Gasteiger partial charge in [-0.3, -0.25) is 0 Å². The molecule has 0 aliphatic carbocycles. The fourth-order valence-corrected chi connectivity index (χ4v) is 3.29. The Kier molecular flexibility index (Phi) is 4.85. The van der Waals surface area contributed by atoms with Crippen molar-refractivity contribution in [3.63, 3.8) is 0 Å². The summed E-state index contributed by atoms with van der Waals surface area (Å²) < 4.78 is 13.8. The van der Waals surface area contributed by atoms with Crippen molar-refractivity contribution in [3.05, 3.63) is 42.2 Å². The van der Waals surface area contributed by atoms with E-state index in [0.29, 0.717) is 23.7 Å². The number of imidazole rings is 1. The first-order valence-electron chi connectivity index (χ1n) is 7.56. The predicted molar refractivity (Wildman–Crippen MR) is 89.3 cm³/mol. The number of carbonyl (C=O) groups excluding carboxylic acids is 1. The number of H-pyrrole nitrogens is 1. The van der Waals surface area contributed by atoms with Crippen LogP contribution in [-0.4, -0.2) is 40.2 Å². The maximum atomic E-state index is 13.8. The van der Waals surface area contributed by atoms with Gasteiger partial charge in [0, 0.05) is 42.0 Å². The highest BCUT2D eigenvalue weighted by atomic mass is 32.2. The first kappa shape index (κ1) is 15.9. The largest absolute Gasteiger partial charge is 0.348 e. The Morgan fingerprint density at radius 3 is 3.09 bits per heavy atom. The molecule has 1 aromatic heterocycles. The molecular formula is C16H19FN4OS. The lowest BCUT2D eigenvalue weighted by atomic mass is 9.98. The molecule has 1 aromatic carbocycles. The molecule has 5 nitrogen and oxygen atoms in total. The molecule has 7 heteroatoms. The number of piperidine rings is 1. The van der Waals surface area contributed by atoms with Crippen molar-refractivity contribution in [2.24, 2.45) is 0 Å². The second-order valence-corrected chi connectivity index (χ2v) is 6.39. The van der Waals surface area contributed by atoms with Crippen molar-refractivity contribution in [2.75, 3.05) is 24.7 Å². The Labute approximate surface area is 138 Å². The van der Waals surface area contributed by atoms with Gasteiger partial charge in [-0.25, -0.2) is 14.2 Å². The lowest BCUT2D eigenvalue weighted by molar-refractivity contribution is 0.191. The summed E-state index contributed by atoms with van der Waals surface area (Å²) in [5.74, 6) is 0.820. The lowest BCUT2D eigenvalue weighted by Gasteiger charge is -2.31. The number of urea groups is 1. The zero-order valence-corrected chi connectivity index (χ0v) is 13.7. The van der Waals surface area contributed by atoms with Gasteiger partial charge in [-0.05, 0) is 37.3 Å². The van der Waals surface area contributed by atoms with Crippen LogP contribution in [0.25, 0.3) is 0 Å². The number of nitrogens with zero attached hydrogens (tertiary/aromatic N) is 2. The molecule has 1 aliphatic heterocycles. The molecule has 0 bridgehead atoms. The third-order valence-electron chi connectivity index (χ3n) is 4.02. The second-order valence-electron chi connectivity index (χ2n) is 5.54. The highest BCUT2D eigenvalue weighted by Gasteiger charge is 2.26. The number of amides is 2. The number of halogens is 1. The first-order valence-corrected chi connectivity index (χ1v) is 8.78. The number of aromatic nitrogens is 2.